The molecule has 0 aliphatic heterocycles. The first-order valence-corrected chi connectivity index (χ1v) is 12.6. The molecule has 3 aromatic rings. The molecular weight excluding hydrogens is 440 g/mol. The molecule has 1 aromatic heterocycles. The normalized spacial score (nSPS) is 15.6. The van der Waals surface area contributed by atoms with Gasteiger partial charge in [0, 0.05) is 30.8 Å². The van der Waals surface area contributed by atoms with Gasteiger partial charge in [-0.1, -0.05) is 19.1 Å². The summed E-state index contributed by atoms with van der Waals surface area (Å²) in [6, 6.07) is 12.4. The number of aliphatic carboxylic acids is 1. The predicted octanol–water partition coefficient (Wildman–Crippen LogP) is 6.18. The van der Waals surface area contributed by atoms with Crippen LogP contribution in [0.3, 0.4) is 0 Å². The SMILES string of the molecule is CCN(CC)c1cc(-c2nc(CCOc3ccc4c(c3)CC[C@H]4[C@H](C)C(=O)O)c(C)o2)ccc1C. The number of fused-ring (bicyclic) bond motifs is 1. The van der Waals surface area contributed by atoms with Crippen LogP contribution in [0.1, 0.15) is 61.3 Å². The fourth-order valence-corrected chi connectivity index (χ4v) is 5.10. The molecule has 186 valence electrons. The number of ether oxygens (including phenoxy) is 1. The summed E-state index contributed by atoms with van der Waals surface area (Å²) in [5.41, 5.74) is 6.69. The van der Waals surface area contributed by atoms with E-state index in [9.17, 15) is 9.90 Å². The first-order chi connectivity index (χ1) is 16.8. The molecule has 4 rings (SSSR count). The Hall–Kier alpha value is -3.28. The fourth-order valence-electron chi connectivity index (χ4n) is 5.10. The Kier molecular flexibility index (Phi) is 7.48. The van der Waals surface area contributed by atoms with Crippen LogP contribution in [-0.4, -0.2) is 35.8 Å². The minimum atomic E-state index is -0.736. The number of carbonyl (C=O) groups is 1. The van der Waals surface area contributed by atoms with Crippen molar-refractivity contribution in [2.75, 3.05) is 24.6 Å². The van der Waals surface area contributed by atoms with Crippen LogP contribution in [0.15, 0.2) is 40.8 Å². The third-order valence-electron chi connectivity index (χ3n) is 7.29. The van der Waals surface area contributed by atoms with Crippen LogP contribution >= 0.6 is 0 Å². The minimum absolute atomic E-state index is 0.0803. The summed E-state index contributed by atoms with van der Waals surface area (Å²) in [5.74, 6) is 1.24. The molecule has 35 heavy (non-hydrogen) atoms. The molecule has 6 heteroatoms. The highest BCUT2D eigenvalue weighted by atomic mass is 16.5. The van der Waals surface area contributed by atoms with E-state index in [1.54, 1.807) is 6.92 Å². The number of benzene rings is 2. The summed E-state index contributed by atoms with van der Waals surface area (Å²) < 4.78 is 12.1. The van der Waals surface area contributed by atoms with Gasteiger partial charge in [-0.2, -0.15) is 0 Å². The van der Waals surface area contributed by atoms with Crippen LogP contribution in [0.4, 0.5) is 5.69 Å². The summed E-state index contributed by atoms with van der Waals surface area (Å²) in [6.07, 6.45) is 2.43. The molecule has 0 amide bonds. The number of nitrogens with zero attached hydrogens (tertiary/aromatic N) is 2. The number of hydrogen-bond acceptors (Lipinski definition) is 5. The summed E-state index contributed by atoms with van der Waals surface area (Å²) in [6.45, 7) is 12.6. The molecule has 0 saturated heterocycles. The average Bonchev–Trinajstić information content (AvgIpc) is 3.43. The topological polar surface area (TPSA) is 75.8 Å². The van der Waals surface area contributed by atoms with Gasteiger partial charge in [-0.25, -0.2) is 4.98 Å². The van der Waals surface area contributed by atoms with E-state index in [1.165, 1.54) is 16.8 Å². The van der Waals surface area contributed by atoms with Crippen LogP contribution in [0, 0.1) is 19.8 Å². The predicted molar refractivity (Wildman–Crippen MR) is 138 cm³/mol. The Morgan fingerprint density at radius 2 is 1.97 bits per heavy atom. The van der Waals surface area contributed by atoms with Gasteiger partial charge in [-0.05, 0) is 87.4 Å². The first kappa shape index (κ1) is 24.8. The quantitative estimate of drug-likeness (QED) is 0.377. The lowest BCUT2D eigenvalue weighted by atomic mass is 9.89. The van der Waals surface area contributed by atoms with Gasteiger partial charge in [0.05, 0.1) is 18.2 Å². The van der Waals surface area contributed by atoms with Gasteiger partial charge in [0.2, 0.25) is 5.89 Å². The van der Waals surface area contributed by atoms with Crippen LogP contribution in [-0.2, 0) is 17.6 Å². The molecule has 0 unspecified atom stereocenters. The van der Waals surface area contributed by atoms with Crippen molar-refractivity contribution in [3.63, 3.8) is 0 Å². The van der Waals surface area contributed by atoms with Crippen molar-refractivity contribution in [1.82, 2.24) is 4.98 Å². The number of carboxylic acids is 1. The van der Waals surface area contributed by atoms with E-state index < -0.39 is 5.97 Å². The maximum absolute atomic E-state index is 11.4. The first-order valence-electron chi connectivity index (χ1n) is 12.6. The Morgan fingerprint density at radius 1 is 1.20 bits per heavy atom. The van der Waals surface area contributed by atoms with Gasteiger partial charge in [0.1, 0.15) is 11.5 Å². The van der Waals surface area contributed by atoms with Crippen molar-refractivity contribution < 1.29 is 19.1 Å². The Morgan fingerprint density at radius 3 is 2.69 bits per heavy atom. The number of aryl methyl sites for hydroxylation is 3. The second-order valence-electron chi connectivity index (χ2n) is 9.43. The van der Waals surface area contributed by atoms with Crippen LogP contribution in [0.25, 0.3) is 11.5 Å². The third kappa shape index (κ3) is 5.21. The van der Waals surface area contributed by atoms with Gasteiger partial charge in [0.25, 0.3) is 0 Å². The van der Waals surface area contributed by atoms with Gasteiger partial charge in [-0.15, -0.1) is 0 Å². The lowest BCUT2D eigenvalue weighted by Gasteiger charge is -2.23. The number of carboxylic acid groups (broad SMARTS) is 1. The van der Waals surface area contributed by atoms with E-state index in [-0.39, 0.29) is 11.8 Å². The molecule has 1 aliphatic rings. The van der Waals surface area contributed by atoms with E-state index in [4.69, 9.17) is 14.1 Å². The van der Waals surface area contributed by atoms with Crippen molar-refractivity contribution >= 4 is 11.7 Å². The molecular formula is C29H36N2O4. The summed E-state index contributed by atoms with van der Waals surface area (Å²) in [7, 11) is 0. The smallest absolute Gasteiger partial charge is 0.306 e. The monoisotopic (exact) mass is 476 g/mol. The second-order valence-corrected chi connectivity index (χ2v) is 9.43. The fraction of sp³-hybridized carbons (Fsp3) is 0.448. The zero-order valence-electron chi connectivity index (χ0n) is 21.4. The number of hydrogen-bond donors (Lipinski definition) is 1. The molecule has 1 N–H and O–H groups in total. The maximum atomic E-state index is 11.4. The zero-order valence-corrected chi connectivity index (χ0v) is 21.4. The van der Waals surface area contributed by atoms with E-state index in [1.807, 2.05) is 19.1 Å². The standard InChI is InChI=1S/C29H36N2O4/c1-6-31(7-2)27-17-22(9-8-18(27)3)28-30-26(20(5)35-28)14-15-34-23-11-13-25-21(16-23)10-12-24(25)19(4)29(32)33/h8-9,11,13,16-17,19,24H,6-7,10,12,14-15H2,1-5H3,(H,32,33)/t19-,24-/m0/s1. The molecule has 0 spiro atoms. The van der Waals surface area contributed by atoms with E-state index in [0.29, 0.717) is 18.9 Å². The summed E-state index contributed by atoms with van der Waals surface area (Å²) >= 11 is 0. The molecule has 0 radical (unpaired) electrons. The number of rotatable bonds is 10. The van der Waals surface area contributed by atoms with Crippen molar-refractivity contribution in [2.45, 2.75) is 59.8 Å². The summed E-state index contributed by atoms with van der Waals surface area (Å²) in [4.78, 5) is 18.5. The highest BCUT2D eigenvalue weighted by Gasteiger charge is 2.31. The molecule has 2 aromatic carbocycles. The summed E-state index contributed by atoms with van der Waals surface area (Å²) in [5, 5.41) is 9.38. The molecule has 0 bridgehead atoms. The highest BCUT2D eigenvalue weighted by Crippen LogP contribution is 2.40. The zero-order chi connectivity index (χ0) is 25.1. The molecule has 0 fully saturated rings. The third-order valence-corrected chi connectivity index (χ3v) is 7.29. The van der Waals surface area contributed by atoms with Gasteiger partial charge in [0.15, 0.2) is 0 Å². The van der Waals surface area contributed by atoms with Crippen LogP contribution in [0.5, 0.6) is 5.75 Å². The molecule has 0 saturated carbocycles. The number of aromatic nitrogens is 1. The molecule has 6 nitrogen and oxygen atoms in total. The van der Waals surface area contributed by atoms with E-state index in [2.05, 4.69) is 49.9 Å². The molecule has 1 aliphatic carbocycles. The van der Waals surface area contributed by atoms with Gasteiger partial charge < -0.3 is 19.2 Å². The van der Waals surface area contributed by atoms with Crippen molar-refractivity contribution in [3.8, 4) is 17.2 Å². The van der Waals surface area contributed by atoms with Crippen molar-refractivity contribution in [3.05, 3.63) is 64.5 Å². The number of oxazole rings is 1. The number of anilines is 1. The van der Waals surface area contributed by atoms with Gasteiger partial charge >= 0.3 is 5.97 Å². The van der Waals surface area contributed by atoms with Crippen LogP contribution < -0.4 is 9.64 Å². The Balaban J connectivity index is 1.42. The van der Waals surface area contributed by atoms with E-state index >= 15 is 0 Å². The highest BCUT2D eigenvalue weighted by molar-refractivity contribution is 5.71. The Bertz CT molecular complexity index is 1200. The Labute approximate surface area is 207 Å². The lowest BCUT2D eigenvalue weighted by Crippen LogP contribution is -2.22. The van der Waals surface area contributed by atoms with E-state index in [0.717, 1.165) is 54.3 Å². The molecule has 2 atom stereocenters. The van der Waals surface area contributed by atoms with Crippen molar-refractivity contribution in [2.24, 2.45) is 5.92 Å². The van der Waals surface area contributed by atoms with Gasteiger partial charge in [-0.3, -0.25) is 4.79 Å². The average molecular weight is 477 g/mol. The minimum Gasteiger partial charge on any atom is -0.493 e. The molecule has 1 heterocycles. The lowest BCUT2D eigenvalue weighted by molar-refractivity contribution is -0.141. The maximum Gasteiger partial charge on any atom is 0.306 e. The van der Waals surface area contributed by atoms with Crippen molar-refractivity contribution in [1.29, 1.82) is 0 Å². The second kappa shape index (κ2) is 10.5. The largest absolute Gasteiger partial charge is 0.493 e. The van der Waals surface area contributed by atoms with Crippen LogP contribution in [0.2, 0.25) is 0 Å².